The first-order chi connectivity index (χ1) is 12.1. The molecule has 1 aromatic carbocycles. The minimum atomic E-state index is -5.80. The van der Waals surface area contributed by atoms with Gasteiger partial charge in [-0.25, -0.2) is 4.79 Å². The zero-order valence-electron chi connectivity index (χ0n) is 13.8. The van der Waals surface area contributed by atoms with Crippen molar-refractivity contribution < 1.29 is 49.4 Å². The minimum Gasteiger partial charge on any atom is -0.449 e. The van der Waals surface area contributed by atoms with Crippen LogP contribution in [-0.2, 0) is 26.8 Å². The monoisotopic (exact) mass is 407 g/mol. The molecule has 0 aromatic heterocycles. The summed E-state index contributed by atoms with van der Waals surface area (Å²) in [4.78, 5) is 23.6. The second kappa shape index (κ2) is 7.69. The van der Waals surface area contributed by atoms with Crippen molar-refractivity contribution in [3.8, 4) is 0 Å². The molecule has 0 unspecified atom stereocenters. The largest absolute Gasteiger partial charge is 0.458 e. The number of carbonyl (C=O) groups excluding carboxylic acids is 2. The summed E-state index contributed by atoms with van der Waals surface area (Å²) in [6.45, 7) is -1.19. The molecule has 1 amide bonds. The Morgan fingerprint density at radius 3 is 2.04 bits per heavy atom. The molecule has 0 fully saturated rings. The van der Waals surface area contributed by atoms with Crippen LogP contribution < -0.4 is 0 Å². The molecule has 0 atom stereocenters. The number of esters is 1. The predicted octanol–water partition coefficient (Wildman–Crippen LogP) is 3.71. The second-order valence-electron chi connectivity index (χ2n) is 5.57. The van der Waals surface area contributed by atoms with E-state index in [0.717, 1.165) is 13.1 Å². The van der Waals surface area contributed by atoms with Crippen molar-refractivity contribution in [1.82, 2.24) is 4.90 Å². The average Bonchev–Trinajstić information content (AvgIpc) is 2.51. The molecule has 0 saturated heterocycles. The SMILES string of the molecule is Cc1cc(C(F)(F)C(F)(F)F)ccc1CN(C)C(=O)C(=O)OCC(F)(F)F. The van der Waals surface area contributed by atoms with Crippen LogP contribution in [0, 0.1) is 6.92 Å². The molecule has 12 heteroatoms. The number of likely N-dealkylation sites (N-methyl/N-ethyl adjacent to an activating group) is 1. The molecule has 0 aliphatic heterocycles. The number of benzene rings is 1. The van der Waals surface area contributed by atoms with Gasteiger partial charge in [-0.05, 0) is 24.1 Å². The zero-order chi connectivity index (χ0) is 21.2. The molecule has 0 aliphatic carbocycles. The van der Waals surface area contributed by atoms with Crippen LogP contribution in [0.15, 0.2) is 18.2 Å². The maximum atomic E-state index is 13.3. The standard InChI is InChI=1S/C15H13F8NO3/c1-8-5-10(14(19,20)15(21,22)23)4-3-9(8)6-24(2)11(25)12(26)27-7-13(16,17)18/h3-5H,6-7H2,1-2H3. The fraction of sp³-hybridized carbons (Fsp3) is 0.467. The van der Waals surface area contributed by atoms with Crippen molar-refractivity contribution in [2.45, 2.75) is 31.7 Å². The molecule has 4 nitrogen and oxygen atoms in total. The molecule has 0 saturated carbocycles. The van der Waals surface area contributed by atoms with Crippen LogP contribution in [0.5, 0.6) is 0 Å². The molecule has 152 valence electrons. The lowest BCUT2D eigenvalue weighted by Gasteiger charge is -2.22. The number of nitrogens with zero attached hydrogens (tertiary/aromatic N) is 1. The fourth-order valence-corrected chi connectivity index (χ4v) is 1.92. The Labute approximate surface area is 147 Å². The van der Waals surface area contributed by atoms with E-state index < -0.39 is 48.9 Å². The van der Waals surface area contributed by atoms with Crippen LogP contribution in [-0.4, -0.2) is 42.8 Å². The highest BCUT2D eigenvalue weighted by Crippen LogP contribution is 2.44. The molecule has 27 heavy (non-hydrogen) atoms. The van der Waals surface area contributed by atoms with Gasteiger partial charge in [0.1, 0.15) is 0 Å². The number of rotatable bonds is 4. The summed E-state index contributed by atoms with van der Waals surface area (Å²) in [7, 11) is 1.02. The highest BCUT2D eigenvalue weighted by Gasteiger charge is 2.58. The third kappa shape index (κ3) is 5.79. The lowest BCUT2D eigenvalue weighted by molar-refractivity contribution is -0.289. The maximum absolute atomic E-state index is 13.3. The van der Waals surface area contributed by atoms with Crippen molar-refractivity contribution in [1.29, 1.82) is 0 Å². The van der Waals surface area contributed by atoms with Crippen LogP contribution in [0.4, 0.5) is 35.1 Å². The topological polar surface area (TPSA) is 46.6 Å². The van der Waals surface area contributed by atoms with Gasteiger partial charge in [0.05, 0.1) is 0 Å². The Hall–Kier alpha value is -2.40. The molecule has 0 N–H and O–H groups in total. The van der Waals surface area contributed by atoms with Gasteiger partial charge in [-0.1, -0.05) is 12.1 Å². The zero-order valence-corrected chi connectivity index (χ0v) is 13.8. The normalized spacial score (nSPS) is 12.7. The van der Waals surface area contributed by atoms with E-state index in [1.54, 1.807) is 0 Å². The first kappa shape index (κ1) is 22.6. The number of hydrogen-bond donors (Lipinski definition) is 0. The van der Waals surface area contributed by atoms with Gasteiger partial charge < -0.3 is 9.64 Å². The fourth-order valence-electron chi connectivity index (χ4n) is 1.92. The first-order valence-corrected chi connectivity index (χ1v) is 7.10. The summed E-state index contributed by atoms with van der Waals surface area (Å²) in [6, 6.07) is 1.98. The number of ether oxygens (including phenoxy) is 1. The minimum absolute atomic E-state index is 0.0419. The number of halogens is 8. The van der Waals surface area contributed by atoms with E-state index in [-0.39, 0.29) is 11.1 Å². The number of alkyl halides is 8. The Bertz CT molecular complexity index is 712. The summed E-state index contributed by atoms with van der Waals surface area (Å²) in [5.41, 5.74) is -1.24. The summed E-state index contributed by atoms with van der Waals surface area (Å²) < 4.78 is 103. The Morgan fingerprint density at radius 1 is 1.04 bits per heavy atom. The Kier molecular flexibility index (Phi) is 6.45. The smallest absolute Gasteiger partial charge is 0.449 e. The van der Waals surface area contributed by atoms with Crippen LogP contribution in [0.1, 0.15) is 16.7 Å². The maximum Gasteiger partial charge on any atom is 0.458 e. The molecule has 0 aliphatic rings. The van der Waals surface area contributed by atoms with Gasteiger partial charge in [-0.2, -0.15) is 35.1 Å². The van der Waals surface area contributed by atoms with Gasteiger partial charge in [0.25, 0.3) is 0 Å². The Morgan fingerprint density at radius 2 is 1.59 bits per heavy atom. The number of amides is 1. The van der Waals surface area contributed by atoms with Crippen LogP contribution >= 0.6 is 0 Å². The van der Waals surface area contributed by atoms with Gasteiger partial charge in [0, 0.05) is 19.2 Å². The number of aryl methyl sites for hydroxylation is 1. The summed E-state index contributed by atoms with van der Waals surface area (Å²) in [5, 5.41) is 0. The quantitative estimate of drug-likeness (QED) is 0.434. The lowest BCUT2D eigenvalue weighted by atomic mass is 10.0. The molecule has 0 radical (unpaired) electrons. The predicted molar refractivity (Wildman–Crippen MR) is 74.6 cm³/mol. The first-order valence-electron chi connectivity index (χ1n) is 7.10. The van der Waals surface area contributed by atoms with E-state index >= 15 is 0 Å². The molecular weight excluding hydrogens is 394 g/mol. The van der Waals surface area contributed by atoms with E-state index in [9.17, 15) is 44.7 Å². The van der Waals surface area contributed by atoms with Gasteiger partial charge in [-0.3, -0.25) is 4.79 Å². The van der Waals surface area contributed by atoms with E-state index in [1.165, 1.54) is 6.92 Å². The summed E-state index contributed by atoms with van der Waals surface area (Å²) in [5.74, 6) is -8.31. The van der Waals surface area contributed by atoms with Gasteiger partial charge in [-0.15, -0.1) is 0 Å². The van der Waals surface area contributed by atoms with E-state index in [0.29, 0.717) is 17.0 Å². The van der Waals surface area contributed by atoms with Gasteiger partial charge in [0.2, 0.25) is 0 Å². The third-order valence-corrected chi connectivity index (χ3v) is 3.36. The van der Waals surface area contributed by atoms with Crippen molar-refractivity contribution in [3.63, 3.8) is 0 Å². The summed E-state index contributed by atoms with van der Waals surface area (Å²) >= 11 is 0. The number of hydrogen-bond acceptors (Lipinski definition) is 3. The summed E-state index contributed by atoms with van der Waals surface area (Å²) in [6.07, 6.45) is -10.6. The van der Waals surface area contributed by atoms with E-state index in [2.05, 4.69) is 4.74 Å². The van der Waals surface area contributed by atoms with Crippen LogP contribution in [0.2, 0.25) is 0 Å². The molecule has 1 aromatic rings. The Balaban J connectivity index is 2.88. The van der Waals surface area contributed by atoms with Gasteiger partial charge in [0.15, 0.2) is 6.61 Å². The molecule has 0 bridgehead atoms. The van der Waals surface area contributed by atoms with E-state index in [1.807, 2.05) is 0 Å². The number of carbonyl (C=O) groups is 2. The van der Waals surface area contributed by atoms with Crippen molar-refractivity contribution in [2.75, 3.05) is 13.7 Å². The second-order valence-corrected chi connectivity index (χ2v) is 5.57. The van der Waals surface area contributed by atoms with E-state index in [4.69, 9.17) is 0 Å². The third-order valence-electron chi connectivity index (χ3n) is 3.36. The lowest BCUT2D eigenvalue weighted by Crippen LogP contribution is -2.36. The highest BCUT2D eigenvalue weighted by molar-refractivity contribution is 6.32. The van der Waals surface area contributed by atoms with Gasteiger partial charge >= 0.3 is 30.2 Å². The highest BCUT2D eigenvalue weighted by atomic mass is 19.4. The van der Waals surface area contributed by atoms with Crippen molar-refractivity contribution >= 4 is 11.9 Å². The van der Waals surface area contributed by atoms with Crippen molar-refractivity contribution in [2.24, 2.45) is 0 Å². The molecule has 1 rings (SSSR count). The molecule has 0 spiro atoms. The van der Waals surface area contributed by atoms with Crippen molar-refractivity contribution in [3.05, 3.63) is 34.9 Å². The molecular formula is C15H13F8NO3. The average molecular weight is 407 g/mol. The van der Waals surface area contributed by atoms with Crippen LogP contribution in [0.25, 0.3) is 0 Å². The van der Waals surface area contributed by atoms with Crippen LogP contribution in [0.3, 0.4) is 0 Å². The molecule has 0 heterocycles.